The Bertz CT molecular complexity index is 796. The summed E-state index contributed by atoms with van der Waals surface area (Å²) in [6.07, 6.45) is 29.5. The predicted molar refractivity (Wildman–Crippen MR) is 195 cm³/mol. The van der Waals surface area contributed by atoms with Gasteiger partial charge in [-0.25, -0.2) is 9.59 Å². The van der Waals surface area contributed by atoms with Crippen molar-refractivity contribution < 1.29 is 19.1 Å². The number of unbranched alkanes of at least 4 members (excludes halogenated alkanes) is 20. The highest BCUT2D eigenvalue weighted by Crippen LogP contribution is 2.13. The van der Waals surface area contributed by atoms with Gasteiger partial charge in [0, 0.05) is 13.1 Å². The summed E-state index contributed by atoms with van der Waals surface area (Å²) in [6, 6.07) is 6.67. The maximum absolute atomic E-state index is 12.6. The maximum atomic E-state index is 12.6. The molecule has 0 saturated heterocycles. The summed E-state index contributed by atoms with van der Waals surface area (Å²) in [7, 11) is 4.16. The van der Waals surface area contributed by atoms with Gasteiger partial charge in [0.1, 0.15) is 13.2 Å². The Kier molecular flexibility index (Phi) is 27.8. The zero-order valence-corrected chi connectivity index (χ0v) is 30.6. The molecule has 266 valence electrons. The lowest BCUT2D eigenvalue weighted by atomic mass is 10.1. The van der Waals surface area contributed by atoms with Gasteiger partial charge in [0.15, 0.2) is 0 Å². The van der Waals surface area contributed by atoms with Crippen molar-refractivity contribution in [2.45, 2.75) is 155 Å². The highest BCUT2D eigenvalue weighted by Gasteiger charge is 2.13. The monoisotopic (exact) mass is 645 g/mol. The van der Waals surface area contributed by atoms with Crippen LogP contribution in [0.5, 0.6) is 0 Å². The Morgan fingerprint density at radius 3 is 1.11 bits per heavy atom. The molecule has 0 aromatic heterocycles. The Labute approximate surface area is 284 Å². The van der Waals surface area contributed by atoms with Gasteiger partial charge in [0.25, 0.3) is 0 Å². The molecule has 0 fully saturated rings. The number of rotatable bonds is 32. The second kappa shape index (κ2) is 30.4. The number of likely N-dealkylation sites (N-methyl/N-ethyl adjacent to an activating group) is 2. The molecule has 1 aromatic carbocycles. The molecule has 1 rings (SSSR count). The van der Waals surface area contributed by atoms with E-state index < -0.39 is 11.9 Å². The summed E-state index contributed by atoms with van der Waals surface area (Å²) in [4.78, 5) is 29.7. The molecule has 0 radical (unpaired) electrons. The Morgan fingerprint density at radius 2 is 0.783 bits per heavy atom. The summed E-state index contributed by atoms with van der Waals surface area (Å²) < 4.78 is 11.0. The van der Waals surface area contributed by atoms with E-state index in [2.05, 4.69) is 37.7 Å². The van der Waals surface area contributed by atoms with E-state index in [4.69, 9.17) is 9.47 Å². The molecule has 6 nitrogen and oxygen atoms in total. The largest absolute Gasteiger partial charge is 0.461 e. The lowest BCUT2D eigenvalue weighted by Gasteiger charge is -2.17. The number of hydrogen-bond acceptors (Lipinski definition) is 6. The minimum atomic E-state index is -0.399. The second-order valence-corrected chi connectivity index (χ2v) is 13.5. The first-order chi connectivity index (χ1) is 22.5. The maximum Gasteiger partial charge on any atom is 0.338 e. The summed E-state index contributed by atoms with van der Waals surface area (Å²) >= 11 is 0. The van der Waals surface area contributed by atoms with Crippen LogP contribution in [-0.2, 0) is 9.47 Å². The van der Waals surface area contributed by atoms with Crippen molar-refractivity contribution in [2.24, 2.45) is 0 Å². The summed E-state index contributed by atoms with van der Waals surface area (Å²) in [6.45, 7) is 8.67. The van der Waals surface area contributed by atoms with Gasteiger partial charge in [-0.05, 0) is 58.2 Å². The molecule has 0 saturated carbocycles. The van der Waals surface area contributed by atoms with Crippen molar-refractivity contribution in [3.63, 3.8) is 0 Å². The van der Waals surface area contributed by atoms with E-state index in [1.165, 1.54) is 141 Å². The smallest absolute Gasteiger partial charge is 0.338 e. The first kappa shape index (κ1) is 42.1. The van der Waals surface area contributed by atoms with Crippen LogP contribution in [0.25, 0.3) is 0 Å². The van der Waals surface area contributed by atoms with Crippen LogP contribution in [0, 0.1) is 0 Å². The van der Waals surface area contributed by atoms with E-state index in [-0.39, 0.29) is 0 Å². The van der Waals surface area contributed by atoms with Crippen LogP contribution in [0.15, 0.2) is 24.3 Å². The van der Waals surface area contributed by atoms with E-state index in [0.29, 0.717) is 37.4 Å². The van der Waals surface area contributed by atoms with Crippen LogP contribution < -0.4 is 0 Å². The van der Waals surface area contributed by atoms with Crippen LogP contribution in [0.2, 0.25) is 0 Å². The third-order valence-electron chi connectivity index (χ3n) is 9.03. The Hall–Kier alpha value is -1.92. The number of benzene rings is 1. The van der Waals surface area contributed by atoms with Gasteiger partial charge in [0.05, 0.1) is 11.1 Å². The molecule has 46 heavy (non-hydrogen) atoms. The van der Waals surface area contributed by atoms with Gasteiger partial charge in [-0.2, -0.15) is 0 Å². The lowest BCUT2D eigenvalue weighted by Crippen LogP contribution is -2.26. The molecule has 0 bridgehead atoms. The van der Waals surface area contributed by atoms with E-state index in [0.717, 1.165) is 13.1 Å². The number of nitrogens with zero attached hydrogens (tertiary/aromatic N) is 2. The van der Waals surface area contributed by atoms with Gasteiger partial charge in [0.2, 0.25) is 0 Å². The number of carbonyl (C=O) groups is 2. The molecule has 0 N–H and O–H groups in total. The topological polar surface area (TPSA) is 59.1 Å². The van der Waals surface area contributed by atoms with Gasteiger partial charge >= 0.3 is 11.9 Å². The number of carbonyl (C=O) groups excluding carboxylic acids is 2. The second-order valence-electron chi connectivity index (χ2n) is 13.5. The molecule has 0 heterocycles. The molecular formula is C40H72N2O4. The third kappa shape index (κ3) is 24.3. The van der Waals surface area contributed by atoms with Crippen LogP contribution in [0.1, 0.15) is 176 Å². The number of esters is 2. The molecule has 6 heteroatoms. The molecule has 0 unspecified atom stereocenters. The average molecular weight is 645 g/mol. The van der Waals surface area contributed by atoms with Gasteiger partial charge in [-0.15, -0.1) is 0 Å². The van der Waals surface area contributed by atoms with Crippen LogP contribution >= 0.6 is 0 Å². The fourth-order valence-corrected chi connectivity index (χ4v) is 5.84. The standard InChI is InChI=1S/C40H72N2O4/c1-5-7-9-11-13-15-17-19-21-23-25-30-41(3)32-34-45-39(43)37-28-27-29-38(36-37)40(44)46-35-33-42(4)31-26-24-22-20-18-16-14-12-10-8-6-2/h27-29,36H,5-26,30-35H2,1-4H3. The molecule has 0 amide bonds. The van der Waals surface area contributed by atoms with E-state index in [1.54, 1.807) is 24.3 Å². The molecule has 1 aromatic rings. The third-order valence-corrected chi connectivity index (χ3v) is 9.03. The minimum Gasteiger partial charge on any atom is -0.461 e. The number of hydrogen-bond donors (Lipinski definition) is 0. The first-order valence-corrected chi connectivity index (χ1v) is 19.3. The van der Waals surface area contributed by atoms with Crippen molar-refractivity contribution in [1.29, 1.82) is 0 Å². The quantitative estimate of drug-likeness (QED) is 0.0574. The summed E-state index contributed by atoms with van der Waals surface area (Å²) in [5.74, 6) is -0.797. The average Bonchev–Trinajstić information content (AvgIpc) is 3.06. The molecule has 0 spiro atoms. The zero-order valence-electron chi connectivity index (χ0n) is 30.6. The molecule has 0 atom stereocenters. The van der Waals surface area contributed by atoms with Crippen molar-refractivity contribution in [3.8, 4) is 0 Å². The van der Waals surface area contributed by atoms with E-state index in [1.807, 2.05) is 0 Å². The molecule has 0 aliphatic carbocycles. The van der Waals surface area contributed by atoms with Crippen molar-refractivity contribution >= 4 is 11.9 Å². The van der Waals surface area contributed by atoms with Gasteiger partial charge in [-0.1, -0.05) is 148 Å². The lowest BCUT2D eigenvalue weighted by molar-refractivity contribution is 0.0471. The number of ether oxygens (including phenoxy) is 2. The SMILES string of the molecule is CCCCCCCCCCCCCN(C)CCOC(=O)c1cccc(C(=O)OCCN(C)CCCCCCCCCCCCC)c1. The zero-order chi connectivity index (χ0) is 33.5. The summed E-state index contributed by atoms with van der Waals surface area (Å²) in [5.41, 5.74) is 0.771. The minimum absolute atomic E-state index is 0.341. The molecule has 0 aliphatic rings. The predicted octanol–water partition coefficient (Wildman–Crippen LogP) is 10.5. The normalized spacial score (nSPS) is 11.4. The highest BCUT2D eigenvalue weighted by molar-refractivity contribution is 5.95. The van der Waals surface area contributed by atoms with Crippen molar-refractivity contribution in [2.75, 3.05) is 53.5 Å². The van der Waals surface area contributed by atoms with Gasteiger partial charge in [-0.3, -0.25) is 0 Å². The van der Waals surface area contributed by atoms with Crippen LogP contribution in [0.4, 0.5) is 0 Å². The molecule has 0 aliphatic heterocycles. The highest BCUT2D eigenvalue weighted by atomic mass is 16.5. The Balaban J connectivity index is 2.10. The van der Waals surface area contributed by atoms with Crippen LogP contribution in [-0.4, -0.2) is 75.2 Å². The first-order valence-electron chi connectivity index (χ1n) is 19.3. The fourth-order valence-electron chi connectivity index (χ4n) is 5.84. The summed E-state index contributed by atoms with van der Waals surface area (Å²) in [5, 5.41) is 0. The van der Waals surface area contributed by atoms with Crippen LogP contribution in [0.3, 0.4) is 0 Å². The van der Waals surface area contributed by atoms with Crippen molar-refractivity contribution in [1.82, 2.24) is 9.80 Å². The Morgan fingerprint density at radius 1 is 0.478 bits per heavy atom. The molecular weight excluding hydrogens is 572 g/mol. The van der Waals surface area contributed by atoms with E-state index in [9.17, 15) is 9.59 Å². The van der Waals surface area contributed by atoms with Gasteiger partial charge < -0.3 is 19.3 Å². The fraction of sp³-hybridized carbons (Fsp3) is 0.800. The van der Waals surface area contributed by atoms with Crippen molar-refractivity contribution in [3.05, 3.63) is 35.4 Å². The van der Waals surface area contributed by atoms with E-state index >= 15 is 0 Å².